The second-order valence-corrected chi connectivity index (χ2v) is 8.73. The van der Waals surface area contributed by atoms with E-state index in [1.54, 1.807) is 24.4 Å². The Bertz CT molecular complexity index is 1490. The van der Waals surface area contributed by atoms with Crippen LogP contribution in [0.3, 0.4) is 0 Å². The van der Waals surface area contributed by atoms with Gasteiger partial charge in [0.15, 0.2) is 5.82 Å². The zero-order chi connectivity index (χ0) is 26.2. The molecule has 0 radical (unpaired) electrons. The number of amides is 1. The lowest BCUT2D eigenvalue weighted by molar-refractivity contribution is -0.136. The first-order valence-corrected chi connectivity index (χ1v) is 11.6. The Hall–Kier alpha value is -4.48. The summed E-state index contributed by atoms with van der Waals surface area (Å²) >= 11 is 0. The molecule has 0 bridgehead atoms. The Morgan fingerprint density at radius 1 is 1.05 bits per heavy atom. The van der Waals surface area contributed by atoms with Crippen LogP contribution >= 0.6 is 0 Å². The van der Waals surface area contributed by atoms with Crippen LogP contribution in [0.15, 0.2) is 48.9 Å². The average Bonchev–Trinajstić information content (AvgIpc) is 3.41. The third-order valence-corrected chi connectivity index (χ3v) is 6.12. The maximum Gasteiger partial charge on any atom is 0.418 e. The Morgan fingerprint density at radius 2 is 1.84 bits per heavy atom. The van der Waals surface area contributed by atoms with E-state index in [1.165, 1.54) is 12.4 Å². The van der Waals surface area contributed by atoms with Crippen LogP contribution in [0.4, 0.5) is 42.0 Å². The molecule has 0 aliphatic carbocycles. The van der Waals surface area contributed by atoms with Gasteiger partial charge in [-0.05, 0) is 55.7 Å². The van der Waals surface area contributed by atoms with Crippen LogP contribution < -0.4 is 21.3 Å². The van der Waals surface area contributed by atoms with E-state index in [1.807, 2.05) is 6.92 Å². The van der Waals surface area contributed by atoms with Crippen LogP contribution in [0.5, 0.6) is 0 Å². The van der Waals surface area contributed by atoms with Crippen LogP contribution in [-0.2, 0) is 6.18 Å². The van der Waals surface area contributed by atoms with E-state index in [4.69, 9.17) is 5.73 Å². The smallest absolute Gasteiger partial charge is 0.398 e. The number of nitrogen functional groups attached to an aromatic ring is 1. The van der Waals surface area contributed by atoms with Gasteiger partial charge < -0.3 is 21.3 Å². The largest absolute Gasteiger partial charge is 0.418 e. The Labute approximate surface area is 210 Å². The van der Waals surface area contributed by atoms with Crippen molar-refractivity contribution in [2.24, 2.45) is 0 Å². The summed E-state index contributed by atoms with van der Waals surface area (Å²) in [5.74, 6) is 0.475. The lowest BCUT2D eigenvalue weighted by atomic mass is 10.1. The van der Waals surface area contributed by atoms with Crippen molar-refractivity contribution in [3.8, 4) is 0 Å². The summed E-state index contributed by atoms with van der Waals surface area (Å²) in [4.78, 5) is 32.7. The molecular weight excluding hydrogens is 485 g/mol. The van der Waals surface area contributed by atoms with Gasteiger partial charge in [0, 0.05) is 35.7 Å². The number of hydrogen-bond donors (Lipinski definition) is 3. The number of nitrogens with one attached hydrogen (secondary N) is 2. The van der Waals surface area contributed by atoms with Crippen molar-refractivity contribution < 1.29 is 18.0 Å². The van der Waals surface area contributed by atoms with Gasteiger partial charge in [-0.2, -0.15) is 13.2 Å². The molecule has 1 aliphatic rings. The number of fused-ring (bicyclic) bond motifs is 1. The summed E-state index contributed by atoms with van der Waals surface area (Å²) in [6, 6.07) is 8.16. The van der Waals surface area contributed by atoms with E-state index < -0.39 is 23.3 Å². The molecule has 4 aromatic rings. The molecule has 1 aliphatic heterocycles. The number of carbonyl (C=O) groups excluding carboxylic acids is 1. The number of aryl methyl sites for hydroxylation is 1. The summed E-state index contributed by atoms with van der Waals surface area (Å²) in [5, 5.41) is 5.73. The summed E-state index contributed by atoms with van der Waals surface area (Å²) in [7, 11) is 0. The first-order chi connectivity index (χ1) is 17.7. The summed E-state index contributed by atoms with van der Waals surface area (Å²) in [6.45, 7) is 3.63. The van der Waals surface area contributed by atoms with Gasteiger partial charge in [0.1, 0.15) is 17.4 Å². The highest BCUT2D eigenvalue weighted by atomic mass is 19.4. The quantitative estimate of drug-likeness (QED) is 0.325. The van der Waals surface area contributed by atoms with Crippen molar-refractivity contribution in [3.05, 3.63) is 65.6 Å². The molecule has 5 rings (SSSR count). The molecule has 4 N–H and O–H groups in total. The van der Waals surface area contributed by atoms with Gasteiger partial charge in [-0.15, -0.1) is 0 Å². The third kappa shape index (κ3) is 5.08. The maximum absolute atomic E-state index is 13.2. The molecule has 1 saturated heterocycles. The highest BCUT2D eigenvalue weighted by Gasteiger charge is 2.33. The minimum Gasteiger partial charge on any atom is -0.398 e. The first kappa shape index (κ1) is 24.2. The normalized spacial score (nSPS) is 13.7. The molecule has 0 saturated carbocycles. The van der Waals surface area contributed by atoms with Gasteiger partial charge in [-0.1, -0.05) is 6.07 Å². The van der Waals surface area contributed by atoms with Crippen LogP contribution in [0.1, 0.15) is 34.3 Å². The van der Waals surface area contributed by atoms with Gasteiger partial charge in [-0.3, -0.25) is 4.79 Å². The summed E-state index contributed by atoms with van der Waals surface area (Å²) < 4.78 is 39.6. The van der Waals surface area contributed by atoms with E-state index in [0.717, 1.165) is 43.6 Å². The van der Waals surface area contributed by atoms with Gasteiger partial charge >= 0.3 is 6.18 Å². The van der Waals surface area contributed by atoms with E-state index >= 15 is 0 Å². The van der Waals surface area contributed by atoms with Crippen molar-refractivity contribution in [2.45, 2.75) is 25.9 Å². The average molecular weight is 509 g/mol. The zero-order valence-corrected chi connectivity index (χ0v) is 19.8. The number of alkyl halides is 3. The van der Waals surface area contributed by atoms with Crippen molar-refractivity contribution in [1.82, 2.24) is 19.9 Å². The van der Waals surface area contributed by atoms with Gasteiger partial charge in [0.05, 0.1) is 11.8 Å². The number of carbonyl (C=O) groups is 1. The molecule has 12 heteroatoms. The maximum atomic E-state index is 13.2. The lowest BCUT2D eigenvalue weighted by Gasteiger charge is -2.16. The second-order valence-electron chi connectivity index (χ2n) is 8.73. The monoisotopic (exact) mass is 508 g/mol. The molecule has 9 nitrogen and oxygen atoms in total. The molecular formula is C25H23F3N8O. The number of nitrogens with two attached hydrogens (primary N) is 1. The number of rotatable bonds is 5. The van der Waals surface area contributed by atoms with Crippen LogP contribution in [0.2, 0.25) is 0 Å². The minimum absolute atomic E-state index is 0.0189. The fraction of sp³-hybridized carbons (Fsp3) is 0.240. The summed E-state index contributed by atoms with van der Waals surface area (Å²) in [5.41, 5.74) is 6.75. The minimum atomic E-state index is -4.63. The van der Waals surface area contributed by atoms with E-state index in [-0.39, 0.29) is 11.3 Å². The Balaban J connectivity index is 1.42. The highest BCUT2D eigenvalue weighted by Crippen LogP contribution is 2.35. The van der Waals surface area contributed by atoms with Crippen LogP contribution in [0.25, 0.3) is 11.0 Å². The third-order valence-electron chi connectivity index (χ3n) is 6.12. The molecule has 3 heterocycles. The van der Waals surface area contributed by atoms with Gasteiger partial charge in [0.25, 0.3) is 5.91 Å². The Kier molecular flexibility index (Phi) is 6.24. The van der Waals surface area contributed by atoms with E-state index in [9.17, 15) is 18.0 Å². The van der Waals surface area contributed by atoms with Crippen molar-refractivity contribution >= 4 is 45.8 Å². The number of benzene rings is 2. The van der Waals surface area contributed by atoms with E-state index in [0.29, 0.717) is 28.5 Å². The number of anilines is 5. The number of hydrogen-bond acceptors (Lipinski definition) is 8. The number of nitrogens with zero attached hydrogens (tertiary/aromatic N) is 5. The second kappa shape index (κ2) is 9.52. The molecule has 2 aromatic carbocycles. The Morgan fingerprint density at radius 3 is 2.59 bits per heavy atom. The highest BCUT2D eigenvalue weighted by molar-refractivity contribution is 6.05. The van der Waals surface area contributed by atoms with Crippen molar-refractivity contribution in [3.63, 3.8) is 0 Å². The fourth-order valence-electron chi connectivity index (χ4n) is 4.11. The predicted octanol–water partition coefficient (Wildman–Crippen LogP) is 4.93. The number of aromatic nitrogens is 4. The summed E-state index contributed by atoms with van der Waals surface area (Å²) in [6.07, 6.45) is 0.583. The fourth-order valence-corrected chi connectivity index (χ4v) is 4.11. The molecule has 0 spiro atoms. The van der Waals surface area contributed by atoms with Crippen molar-refractivity contribution in [2.75, 3.05) is 34.4 Å². The molecule has 37 heavy (non-hydrogen) atoms. The molecule has 1 amide bonds. The first-order valence-electron chi connectivity index (χ1n) is 11.6. The molecule has 2 aromatic heterocycles. The lowest BCUT2D eigenvalue weighted by Crippen LogP contribution is -2.20. The molecule has 0 unspecified atom stereocenters. The topological polar surface area (TPSA) is 122 Å². The van der Waals surface area contributed by atoms with Crippen LogP contribution in [0, 0.1) is 6.92 Å². The molecule has 1 fully saturated rings. The molecule has 0 atom stereocenters. The van der Waals surface area contributed by atoms with Gasteiger partial charge in [0.2, 0.25) is 5.95 Å². The zero-order valence-electron chi connectivity index (χ0n) is 19.8. The van der Waals surface area contributed by atoms with Crippen molar-refractivity contribution in [1.29, 1.82) is 0 Å². The predicted molar refractivity (Wildman–Crippen MR) is 135 cm³/mol. The number of halogens is 3. The van der Waals surface area contributed by atoms with Gasteiger partial charge in [-0.25, -0.2) is 19.9 Å². The standard InChI is InChI=1S/C25H23F3N8O/c1-14-4-5-15(23(37)33-16-6-7-18(29)17(11-16)25(26,27)28)10-19(14)34-22-21-20(31-13-32-22)12-30-24(35-21)36-8-2-3-9-36/h4-7,10-13H,2-3,8-9,29H2,1H3,(H,33,37)(H,31,32,34). The van der Waals surface area contributed by atoms with E-state index in [2.05, 4.69) is 35.5 Å². The molecule has 190 valence electrons. The SMILES string of the molecule is Cc1ccc(C(=O)Nc2ccc(N)c(C(F)(F)F)c2)cc1Nc1ncnc2cnc(N3CCCC3)nc12. The van der Waals surface area contributed by atoms with Crippen LogP contribution in [-0.4, -0.2) is 38.9 Å².